The molecular formula is C12H12O. The van der Waals surface area contributed by atoms with Crippen LogP contribution in [-0.2, 0) is 4.79 Å². The van der Waals surface area contributed by atoms with E-state index in [0.29, 0.717) is 0 Å². The lowest BCUT2D eigenvalue weighted by atomic mass is 10.2. The lowest BCUT2D eigenvalue weighted by Crippen LogP contribution is -1.66. The first-order valence-electron chi connectivity index (χ1n) is 3.84. The van der Waals surface area contributed by atoms with Gasteiger partial charge in [-0.2, -0.15) is 0 Å². The standard InChI is InChI=1S/C8H6O.C4H6/c9-7-6-8-4-2-1-3-5-8;1-3-4-2/h1-6H;3-4H,1-2H2. The van der Waals surface area contributed by atoms with Crippen molar-refractivity contribution in [3.8, 4) is 0 Å². The highest BCUT2D eigenvalue weighted by atomic mass is 16.1. The lowest BCUT2D eigenvalue weighted by molar-refractivity contribution is 0.570. The Morgan fingerprint density at radius 1 is 1.08 bits per heavy atom. The molecule has 0 fully saturated rings. The van der Waals surface area contributed by atoms with Crippen LogP contribution in [-0.4, -0.2) is 5.94 Å². The second kappa shape index (κ2) is 8.25. The molecule has 0 heterocycles. The highest BCUT2D eigenvalue weighted by Crippen LogP contribution is 1.97. The van der Waals surface area contributed by atoms with E-state index in [1.807, 2.05) is 30.3 Å². The molecule has 0 saturated carbocycles. The summed E-state index contributed by atoms with van der Waals surface area (Å²) in [7, 11) is 0. The molecule has 0 aliphatic carbocycles. The first-order chi connectivity index (χ1) is 6.35. The van der Waals surface area contributed by atoms with Gasteiger partial charge in [-0.15, -0.1) is 0 Å². The normalized spacial score (nSPS) is 7.08. The molecule has 66 valence electrons. The van der Waals surface area contributed by atoms with Gasteiger partial charge in [0.2, 0.25) is 0 Å². The first kappa shape index (κ1) is 11.2. The Hall–Kier alpha value is -1.85. The summed E-state index contributed by atoms with van der Waals surface area (Å²) in [5.41, 5.74) is 0.896. The molecule has 1 aromatic carbocycles. The van der Waals surface area contributed by atoms with Gasteiger partial charge in [0.25, 0.3) is 0 Å². The Morgan fingerprint density at radius 3 is 2.00 bits per heavy atom. The summed E-state index contributed by atoms with van der Waals surface area (Å²) in [4.78, 5) is 9.79. The Balaban J connectivity index is 0.000000310. The van der Waals surface area contributed by atoms with Crippen molar-refractivity contribution in [3.63, 3.8) is 0 Å². The van der Waals surface area contributed by atoms with E-state index in [4.69, 9.17) is 0 Å². The van der Waals surface area contributed by atoms with Gasteiger partial charge in [0.1, 0.15) is 5.94 Å². The van der Waals surface area contributed by atoms with Gasteiger partial charge in [-0.1, -0.05) is 55.6 Å². The van der Waals surface area contributed by atoms with Crippen LogP contribution >= 0.6 is 0 Å². The van der Waals surface area contributed by atoms with E-state index in [1.54, 1.807) is 18.1 Å². The SMILES string of the molecule is C=CC=C.O=C=Cc1ccccc1. The van der Waals surface area contributed by atoms with Crippen molar-refractivity contribution >= 4 is 12.0 Å². The van der Waals surface area contributed by atoms with Crippen LogP contribution in [0.1, 0.15) is 5.56 Å². The van der Waals surface area contributed by atoms with Crippen molar-refractivity contribution in [2.45, 2.75) is 0 Å². The molecule has 0 aliphatic rings. The highest BCUT2D eigenvalue weighted by Gasteiger charge is 1.78. The average Bonchev–Trinajstić information content (AvgIpc) is 2.20. The average molecular weight is 172 g/mol. The van der Waals surface area contributed by atoms with Crippen LogP contribution in [0.15, 0.2) is 55.6 Å². The van der Waals surface area contributed by atoms with Crippen molar-refractivity contribution in [1.82, 2.24) is 0 Å². The number of allylic oxidation sites excluding steroid dienone is 2. The van der Waals surface area contributed by atoms with E-state index in [2.05, 4.69) is 13.2 Å². The third-order valence-electron chi connectivity index (χ3n) is 1.19. The molecule has 1 aromatic rings. The summed E-state index contributed by atoms with van der Waals surface area (Å²) in [5.74, 6) is 1.71. The molecule has 1 heteroatoms. The Labute approximate surface area is 78.7 Å². The second-order valence-corrected chi connectivity index (χ2v) is 2.14. The zero-order valence-corrected chi connectivity index (χ0v) is 7.44. The number of hydrogen-bond acceptors (Lipinski definition) is 1. The smallest absolute Gasteiger partial charge is 0.125 e. The van der Waals surface area contributed by atoms with Gasteiger partial charge in [-0.25, -0.2) is 4.79 Å². The van der Waals surface area contributed by atoms with Crippen LogP contribution in [0.5, 0.6) is 0 Å². The number of rotatable bonds is 2. The van der Waals surface area contributed by atoms with Gasteiger partial charge in [0, 0.05) is 6.08 Å². The van der Waals surface area contributed by atoms with E-state index >= 15 is 0 Å². The van der Waals surface area contributed by atoms with Crippen LogP contribution in [0, 0.1) is 0 Å². The zero-order valence-electron chi connectivity index (χ0n) is 7.44. The molecule has 0 atom stereocenters. The van der Waals surface area contributed by atoms with Crippen LogP contribution in [0.4, 0.5) is 0 Å². The molecule has 13 heavy (non-hydrogen) atoms. The molecule has 0 radical (unpaired) electrons. The quantitative estimate of drug-likeness (QED) is 0.495. The zero-order chi connectivity index (χ0) is 9.94. The maximum absolute atomic E-state index is 9.79. The van der Waals surface area contributed by atoms with Crippen LogP contribution in [0.25, 0.3) is 6.08 Å². The minimum Gasteiger partial charge on any atom is -0.233 e. The summed E-state index contributed by atoms with van der Waals surface area (Å²) in [6, 6.07) is 9.37. The molecule has 0 bridgehead atoms. The van der Waals surface area contributed by atoms with E-state index in [-0.39, 0.29) is 0 Å². The molecule has 0 unspecified atom stereocenters. The topological polar surface area (TPSA) is 17.1 Å². The van der Waals surface area contributed by atoms with Gasteiger partial charge in [0.05, 0.1) is 0 Å². The van der Waals surface area contributed by atoms with Crippen molar-refractivity contribution in [2.24, 2.45) is 0 Å². The molecular weight excluding hydrogens is 160 g/mol. The fraction of sp³-hybridized carbons (Fsp3) is 0. The maximum atomic E-state index is 9.79. The minimum atomic E-state index is 0.896. The fourth-order valence-electron chi connectivity index (χ4n) is 0.617. The van der Waals surface area contributed by atoms with E-state index in [9.17, 15) is 4.79 Å². The van der Waals surface area contributed by atoms with Gasteiger partial charge < -0.3 is 0 Å². The molecule has 1 rings (SSSR count). The monoisotopic (exact) mass is 172 g/mol. The Bertz CT molecular complexity index is 286. The van der Waals surface area contributed by atoms with Crippen LogP contribution in [0.3, 0.4) is 0 Å². The van der Waals surface area contributed by atoms with Gasteiger partial charge in [-0.3, -0.25) is 0 Å². The fourth-order valence-corrected chi connectivity index (χ4v) is 0.617. The summed E-state index contributed by atoms with van der Waals surface area (Å²) >= 11 is 0. The summed E-state index contributed by atoms with van der Waals surface area (Å²) in [6.45, 7) is 6.72. The third-order valence-corrected chi connectivity index (χ3v) is 1.19. The predicted molar refractivity (Wildman–Crippen MR) is 57.0 cm³/mol. The summed E-state index contributed by atoms with van der Waals surface area (Å²) in [6.07, 6.45) is 4.68. The summed E-state index contributed by atoms with van der Waals surface area (Å²) in [5, 5.41) is 0. The highest BCUT2D eigenvalue weighted by molar-refractivity contribution is 5.74. The molecule has 0 spiro atoms. The molecule has 0 amide bonds. The minimum absolute atomic E-state index is 0.896. The van der Waals surface area contributed by atoms with Gasteiger partial charge in [-0.05, 0) is 5.56 Å². The van der Waals surface area contributed by atoms with Crippen molar-refractivity contribution in [1.29, 1.82) is 0 Å². The van der Waals surface area contributed by atoms with E-state index < -0.39 is 0 Å². The van der Waals surface area contributed by atoms with Crippen molar-refractivity contribution in [3.05, 3.63) is 61.2 Å². The molecule has 0 aliphatic heterocycles. The number of carbonyl (C=O) groups excluding carboxylic acids is 1. The first-order valence-corrected chi connectivity index (χ1v) is 3.84. The summed E-state index contributed by atoms with van der Waals surface area (Å²) < 4.78 is 0. The largest absolute Gasteiger partial charge is 0.233 e. The molecule has 0 N–H and O–H groups in total. The third kappa shape index (κ3) is 6.54. The Kier molecular flexibility index (Phi) is 7.07. The van der Waals surface area contributed by atoms with Crippen LogP contribution in [0.2, 0.25) is 0 Å². The Morgan fingerprint density at radius 2 is 1.62 bits per heavy atom. The predicted octanol–water partition coefficient (Wildman–Crippen LogP) is 2.89. The molecule has 0 saturated heterocycles. The van der Waals surface area contributed by atoms with Gasteiger partial charge >= 0.3 is 0 Å². The van der Waals surface area contributed by atoms with E-state index in [0.717, 1.165) is 5.56 Å². The van der Waals surface area contributed by atoms with Crippen LogP contribution < -0.4 is 0 Å². The maximum Gasteiger partial charge on any atom is 0.125 e. The second-order valence-electron chi connectivity index (χ2n) is 2.14. The van der Waals surface area contributed by atoms with Crippen molar-refractivity contribution < 1.29 is 4.79 Å². The number of benzene rings is 1. The number of hydrogen-bond donors (Lipinski definition) is 0. The van der Waals surface area contributed by atoms with E-state index in [1.165, 1.54) is 6.08 Å². The lowest BCUT2D eigenvalue weighted by Gasteiger charge is -1.83. The molecule has 1 nitrogen and oxygen atoms in total. The molecule has 0 aromatic heterocycles. The van der Waals surface area contributed by atoms with Crippen molar-refractivity contribution in [2.75, 3.05) is 0 Å². The van der Waals surface area contributed by atoms with Gasteiger partial charge in [0.15, 0.2) is 0 Å².